The first-order valence-electron chi connectivity index (χ1n) is 6.42. The van der Waals surface area contributed by atoms with Crippen LogP contribution in [-0.4, -0.2) is 25.6 Å². The van der Waals surface area contributed by atoms with Crippen molar-refractivity contribution in [2.24, 2.45) is 0 Å². The molecule has 0 saturated carbocycles. The molecule has 0 aliphatic carbocycles. The summed E-state index contributed by atoms with van der Waals surface area (Å²) in [5, 5.41) is 0. The maximum Gasteiger partial charge on any atom is 0.268 e. The van der Waals surface area contributed by atoms with E-state index in [9.17, 15) is 8.42 Å². The molecule has 0 radical (unpaired) electrons. The molecule has 1 aromatic heterocycles. The van der Waals surface area contributed by atoms with E-state index in [1.54, 1.807) is 36.5 Å². The van der Waals surface area contributed by atoms with Gasteiger partial charge in [-0.15, -0.1) is 0 Å². The first kappa shape index (κ1) is 15.0. The molecule has 1 saturated heterocycles. The van der Waals surface area contributed by atoms with Crippen LogP contribution in [0.1, 0.15) is 17.4 Å². The molecule has 0 bridgehead atoms. The summed E-state index contributed by atoms with van der Waals surface area (Å²) < 4.78 is 38.0. The van der Waals surface area contributed by atoms with Crippen LogP contribution in [0.4, 0.5) is 0 Å². The molecule has 0 spiro atoms. The van der Waals surface area contributed by atoms with Crippen molar-refractivity contribution >= 4 is 32.6 Å². The summed E-state index contributed by atoms with van der Waals surface area (Å²) >= 11 is 2.00. The van der Waals surface area contributed by atoms with Crippen molar-refractivity contribution in [3.8, 4) is 0 Å². The number of hydrogen-bond donors (Lipinski definition) is 0. The van der Waals surface area contributed by atoms with E-state index in [-0.39, 0.29) is 4.90 Å². The van der Waals surface area contributed by atoms with Gasteiger partial charge in [-0.1, -0.05) is 17.7 Å². The van der Waals surface area contributed by atoms with Gasteiger partial charge >= 0.3 is 0 Å². The molecular formula is C14H14INO4S. The van der Waals surface area contributed by atoms with Gasteiger partial charge in [-0.25, -0.2) is 12.4 Å². The highest BCUT2D eigenvalue weighted by molar-refractivity contribution is 14.1. The smallest absolute Gasteiger partial charge is 0.268 e. The van der Waals surface area contributed by atoms with Crippen LogP contribution >= 0.6 is 22.6 Å². The quantitative estimate of drug-likeness (QED) is 0.719. The second kappa shape index (κ2) is 5.71. The molecule has 0 atom stereocenters. The average Bonchev–Trinajstić information content (AvgIpc) is 3.08. The molecule has 2 aromatic rings. The monoisotopic (exact) mass is 419 g/mol. The van der Waals surface area contributed by atoms with E-state index in [1.165, 1.54) is 3.97 Å². The van der Waals surface area contributed by atoms with E-state index in [0.717, 1.165) is 5.56 Å². The SMILES string of the molecule is Cc1ccc(S(=O)(=O)n2cc(C3OCCO3)cc2I)cc1. The van der Waals surface area contributed by atoms with Gasteiger partial charge in [0.05, 0.1) is 21.8 Å². The molecule has 0 N–H and O–H groups in total. The van der Waals surface area contributed by atoms with Crippen molar-refractivity contribution < 1.29 is 17.9 Å². The van der Waals surface area contributed by atoms with E-state index >= 15 is 0 Å². The van der Waals surface area contributed by atoms with Crippen molar-refractivity contribution in [2.45, 2.75) is 18.1 Å². The molecule has 7 heteroatoms. The molecule has 0 amide bonds. The number of aryl methyl sites for hydroxylation is 1. The van der Waals surface area contributed by atoms with Crippen LogP contribution in [0, 0.1) is 10.6 Å². The third kappa shape index (κ3) is 2.87. The highest BCUT2D eigenvalue weighted by Crippen LogP contribution is 2.28. The summed E-state index contributed by atoms with van der Waals surface area (Å²) in [5.41, 5.74) is 1.73. The fourth-order valence-corrected chi connectivity index (χ4v) is 4.65. The Morgan fingerprint density at radius 3 is 2.43 bits per heavy atom. The number of aromatic nitrogens is 1. The molecular weight excluding hydrogens is 405 g/mol. The Kier molecular flexibility index (Phi) is 4.08. The Bertz CT molecular complexity index is 746. The summed E-state index contributed by atoms with van der Waals surface area (Å²) in [6.07, 6.45) is 1.08. The van der Waals surface area contributed by atoms with Crippen LogP contribution in [0.2, 0.25) is 0 Å². The zero-order valence-corrected chi connectivity index (χ0v) is 14.3. The normalized spacial score (nSPS) is 16.5. The second-order valence-electron chi connectivity index (χ2n) is 4.78. The zero-order chi connectivity index (χ0) is 15.0. The van der Waals surface area contributed by atoms with Gasteiger partial charge in [-0.05, 0) is 47.7 Å². The van der Waals surface area contributed by atoms with Gasteiger partial charge < -0.3 is 9.47 Å². The number of ether oxygens (including phenoxy) is 2. The molecule has 1 fully saturated rings. The second-order valence-corrected chi connectivity index (χ2v) is 7.70. The fraction of sp³-hybridized carbons (Fsp3) is 0.286. The molecule has 3 rings (SSSR count). The third-order valence-corrected chi connectivity index (χ3v) is 6.08. The lowest BCUT2D eigenvalue weighted by atomic mass is 10.2. The van der Waals surface area contributed by atoms with E-state index in [1.807, 2.05) is 29.5 Å². The number of halogens is 1. The van der Waals surface area contributed by atoms with Crippen LogP contribution in [0.3, 0.4) is 0 Å². The van der Waals surface area contributed by atoms with Gasteiger partial charge in [0.25, 0.3) is 10.0 Å². The van der Waals surface area contributed by atoms with E-state index in [4.69, 9.17) is 9.47 Å². The number of nitrogens with zero attached hydrogens (tertiary/aromatic N) is 1. The minimum atomic E-state index is -3.60. The van der Waals surface area contributed by atoms with E-state index in [2.05, 4.69) is 0 Å². The maximum absolute atomic E-state index is 12.7. The van der Waals surface area contributed by atoms with Gasteiger partial charge in [0.15, 0.2) is 6.29 Å². The van der Waals surface area contributed by atoms with E-state index < -0.39 is 16.3 Å². The Hall–Kier alpha value is -0.900. The van der Waals surface area contributed by atoms with Crippen molar-refractivity contribution in [1.82, 2.24) is 3.97 Å². The van der Waals surface area contributed by atoms with Crippen LogP contribution < -0.4 is 0 Å². The topological polar surface area (TPSA) is 57.5 Å². The van der Waals surface area contributed by atoms with Crippen LogP contribution in [-0.2, 0) is 19.5 Å². The van der Waals surface area contributed by atoms with Gasteiger partial charge in [0.2, 0.25) is 0 Å². The number of benzene rings is 1. The van der Waals surface area contributed by atoms with Gasteiger partial charge in [-0.2, -0.15) is 0 Å². The van der Waals surface area contributed by atoms with Crippen LogP contribution in [0.25, 0.3) is 0 Å². The third-order valence-electron chi connectivity index (χ3n) is 3.23. The van der Waals surface area contributed by atoms with Crippen LogP contribution in [0.15, 0.2) is 41.4 Å². The van der Waals surface area contributed by atoms with E-state index in [0.29, 0.717) is 22.5 Å². The van der Waals surface area contributed by atoms with Crippen molar-refractivity contribution in [2.75, 3.05) is 13.2 Å². The minimum Gasteiger partial charge on any atom is -0.346 e. The van der Waals surface area contributed by atoms with Crippen molar-refractivity contribution in [3.05, 3.63) is 51.4 Å². The van der Waals surface area contributed by atoms with Crippen molar-refractivity contribution in [1.29, 1.82) is 0 Å². The fourth-order valence-electron chi connectivity index (χ4n) is 2.12. The van der Waals surface area contributed by atoms with Crippen molar-refractivity contribution in [3.63, 3.8) is 0 Å². The highest BCUT2D eigenvalue weighted by Gasteiger charge is 2.25. The molecule has 21 heavy (non-hydrogen) atoms. The maximum atomic E-state index is 12.7. The predicted molar refractivity (Wildman–Crippen MR) is 85.6 cm³/mol. The average molecular weight is 419 g/mol. The Labute approximate surface area is 137 Å². The molecule has 2 heterocycles. The largest absolute Gasteiger partial charge is 0.346 e. The molecule has 1 aliphatic rings. The minimum absolute atomic E-state index is 0.265. The zero-order valence-electron chi connectivity index (χ0n) is 11.3. The standard InChI is InChI=1S/C14H14INO4S/c1-10-2-4-12(5-3-10)21(17,18)16-9-11(8-13(16)15)14-19-6-7-20-14/h2-5,8-9,14H,6-7H2,1H3. The van der Waals surface area contributed by atoms with Crippen LogP contribution in [0.5, 0.6) is 0 Å². The number of rotatable bonds is 3. The lowest BCUT2D eigenvalue weighted by Gasteiger charge is -2.08. The summed E-state index contributed by atoms with van der Waals surface area (Å²) in [6, 6.07) is 8.56. The molecule has 0 unspecified atom stereocenters. The lowest BCUT2D eigenvalue weighted by molar-refractivity contribution is -0.0440. The summed E-state index contributed by atoms with van der Waals surface area (Å²) in [4.78, 5) is 0.265. The lowest BCUT2D eigenvalue weighted by Crippen LogP contribution is -2.13. The molecule has 1 aliphatic heterocycles. The Morgan fingerprint density at radius 2 is 1.81 bits per heavy atom. The first-order valence-corrected chi connectivity index (χ1v) is 8.93. The summed E-state index contributed by atoms with van der Waals surface area (Å²) in [5.74, 6) is 0. The summed E-state index contributed by atoms with van der Waals surface area (Å²) in [7, 11) is -3.60. The predicted octanol–water partition coefficient (Wildman–Crippen LogP) is 2.68. The Balaban J connectivity index is 2.00. The molecule has 112 valence electrons. The first-order chi connectivity index (χ1) is 9.98. The van der Waals surface area contributed by atoms with Gasteiger partial charge in [-0.3, -0.25) is 0 Å². The van der Waals surface area contributed by atoms with Gasteiger partial charge in [0.1, 0.15) is 0 Å². The van der Waals surface area contributed by atoms with Gasteiger partial charge in [0, 0.05) is 11.8 Å². The summed E-state index contributed by atoms with van der Waals surface area (Å²) in [6.45, 7) is 2.97. The highest BCUT2D eigenvalue weighted by atomic mass is 127. The molecule has 1 aromatic carbocycles. The number of hydrogen-bond acceptors (Lipinski definition) is 4. The molecule has 5 nitrogen and oxygen atoms in total. The Morgan fingerprint density at radius 1 is 1.19 bits per heavy atom.